The molecule has 1 fully saturated rings. The van der Waals surface area contributed by atoms with Crippen molar-refractivity contribution in [2.45, 2.75) is 26.3 Å². The number of imidazole rings is 1. The minimum atomic E-state index is 0.481. The molecule has 0 spiro atoms. The summed E-state index contributed by atoms with van der Waals surface area (Å²) in [6.07, 6.45) is 8.97. The molecular formula is C19H22N4. The van der Waals surface area contributed by atoms with Crippen molar-refractivity contribution in [2.24, 2.45) is 5.92 Å². The predicted molar refractivity (Wildman–Crippen MR) is 93.7 cm³/mol. The van der Waals surface area contributed by atoms with Gasteiger partial charge in [0.05, 0.1) is 17.9 Å². The molecule has 1 aliphatic rings. The maximum absolute atomic E-state index is 4.58. The third-order valence-electron chi connectivity index (χ3n) is 4.87. The van der Waals surface area contributed by atoms with Gasteiger partial charge in [0.25, 0.3) is 0 Å². The zero-order valence-electron chi connectivity index (χ0n) is 13.7. The number of benzene rings is 1. The van der Waals surface area contributed by atoms with Gasteiger partial charge in [0.1, 0.15) is 0 Å². The number of piperidine rings is 1. The Balaban J connectivity index is 1.74. The van der Waals surface area contributed by atoms with E-state index in [-0.39, 0.29) is 0 Å². The molecular weight excluding hydrogens is 284 g/mol. The van der Waals surface area contributed by atoms with Crippen molar-refractivity contribution in [1.82, 2.24) is 14.5 Å². The van der Waals surface area contributed by atoms with Gasteiger partial charge in [0.2, 0.25) is 0 Å². The summed E-state index contributed by atoms with van der Waals surface area (Å²) < 4.78 is 2.25. The molecule has 0 N–H and O–H groups in total. The fourth-order valence-corrected chi connectivity index (χ4v) is 3.79. The molecule has 0 saturated carbocycles. The minimum absolute atomic E-state index is 0.481. The standard InChI is InChI=1S/C19H22N4/c1-14-10-16(22-9-8-20-13-22)12-23(11-14)18-6-5-15(2)19-17(18)4-3-7-21-19/h3-9,13-14,16H,10-12H2,1-2H3/t14-,16+/m0/s1. The largest absolute Gasteiger partial charge is 0.369 e. The average Bonchev–Trinajstić information content (AvgIpc) is 3.09. The average molecular weight is 306 g/mol. The zero-order valence-corrected chi connectivity index (χ0v) is 13.7. The fourth-order valence-electron chi connectivity index (χ4n) is 3.79. The fraction of sp³-hybridized carbons (Fsp3) is 0.368. The van der Waals surface area contributed by atoms with Crippen LogP contribution in [0, 0.1) is 12.8 Å². The Labute approximate surface area is 136 Å². The molecule has 23 heavy (non-hydrogen) atoms. The number of nitrogens with zero attached hydrogens (tertiary/aromatic N) is 4. The molecule has 3 aromatic rings. The van der Waals surface area contributed by atoms with Crippen LogP contribution in [0.25, 0.3) is 10.9 Å². The van der Waals surface area contributed by atoms with E-state index in [4.69, 9.17) is 0 Å². The number of pyridine rings is 1. The maximum Gasteiger partial charge on any atom is 0.0949 e. The smallest absolute Gasteiger partial charge is 0.0949 e. The summed E-state index contributed by atoms with van der Waals surface area (Å²) >= 11 is 0. The summed E-state index contributed by atoms with van der Waals surface area (Å²) in [5, 5.41) is 1.26. The van der Waals surface area contributed by atoms with Crippen molar-refractivity contribution in [3.8, 4) is 0 Å². The summed E-state index contributed by atoms with van der Waals surface area (Å²) in [6.45, 7) is 6.59. The van der Waals surface area contributed by atoms with Crippen molar-refractivity contribution in [3.63, 3.8) is 0 Å². The van der Waals surface area contributed by atoms with E-state index in [1.54, 1.807) is 0 Å². The minimum Gasteiger partial charge on any atom is -0.369 e. The van der Waals surface area contributed by atoms with E-state index < -0.39 is 0 Å². The highest BCUT2D eigenvalue weighted by atomic mass is 15.2. The van der Waals surface area contributed by atoms with Gasteiger partial charge in [-0.2, -0.15) is 0 Å². The first-order valence-electron chi connectivity index (χ1n) is 8.29. The lowest BCUT2D eigenvalue weighted by atomic mass is 9.94. The van der Waals surface area contributed by atoms with E-state index in [0.717, 1.165) is 18.6 Å². The van der Waals surface area contributed by atoms with E-state index in [1.165, 1.54) is 23.1 Å². The molecule has 2 aromatic heterocycles. The highest BCUT2D eigenvalue weighted by Gasteiger charge is 2.26. The van der Waals surface area contributed by atoms with Gasteiger partial charge >= 0.3 is 0 Å². The Morgan fingerprint density at radius 3 is 2.87 bits per heavy atom. The van der Waals surface area contributed by atoms with Gasteiger partial charge in [-0.1, -0.05) is 13.0 Å². The van der Waals surface area contributed by atoms with Crippen molar-refractivity contribution in [2.75, 3.05) is 18.0 Å². The van der Waals surface area contributed by atoms with E-state index in [0.29, 0.717) is 12.0 Å². The second kappa shape index (κ2) is 5.69. The normalized spacial score (nSPS) is 21.7. The van der Waals surface area contributed by atoms with Crippen LogP contribution in [0.15, 0.2) is 49.2 Å². The molecule has 3 heterocycles. The highest BCUT2D eigenvalue weighted by Crippen LogP contribution is 2.34. The van der Waals surface area contributed by atoms with Crippen molar-refractivity contribution < 1.29 is 0 Å². The molecule has 1 aromatic carbocycles. The van der Waals surface area contributed by atoms with Gasteiger partial charge in [-0.05, 0) is 43.0 Å². The van der Waals surface area contributed by atoms with E-state index in [2.05, 4.69) is 57.7 Å². The molecule has 2 atom stereocenters. The van der Waals surface area contributed by atoms with Crippen LogP contribution in [-0.4, -0.2) is 27.6 Å². The van der Waals surface area contributed by atoms with Gasteiger partial charge in [-0.3, -0.25) is 4.98 Å². The van der Waals surface area contributed by atoms with Crippen LogP contribution in [0.3, 0.4) is 0 Å². The number of rotatable bonds is 2. The van der Waals surface area contributed by atoms with Gasteiger partial charge < -0.3 is 9.47 Å². The van der Waals surface area contributed by atoms with Crippen LogP contribution >= 0.6 is 0 Å². The van der Waals surface area contributed by atoms with Crippen LogP contribution in [0.4, 0.5) is 5.69 Å². The summed E-state index contributed by atoms with van der Waals surface area (Å²) in [5.41, 5.74) is 3.65. The summed E-state index contributed by atoms with van der Waals surface area (Å²) in [5.74, 6) is 0.657. The molecule has 1 saturated heterocycles. The van der Waals surface area contributed by atoms with E-state index in [1.807, 2.05) is 24.8 Å². The molecule has 4 rings (SSSR count). The third kappa shape index (κ3) is 2.58. The summed E-state index contributed by atoms with van der Waals surface area (Å²) in [6, 6.07) is 9.15. The molecule has 0 bridgehead atoms. The molecule has 4 heteroatoms. The third-order valence-corrected chi connectivity index (χ3v) is 4.87. The molecule has 0 amide bonds. The van der Waals surface area contributed by atoms with Crippen LogP contribution in [0.5, 0.6) is 0 Å². The van der Waals surface area contributed by atoms with Crippen LogP contribution in [0.1, 0.15) is 24.9 Å². The molecule has 4 nitrogen and oxygen atoms in total. The first-order chi connectivity index (χ1) is 11.2. The van der Waals surface area contributed by atoms with Crippen molar-refractivity contribution in [1.29, 1.82) is 0 Å². The Morgan fingerprint density at radius 1 is 1.13 bits per heavy atom. The zero-order chi connectivity index (χ0) is 15.8. The van der Waals surface area contributed by atoms with Gasteiger partial charge in [0, 0.05) is 42.8 Å². The monoisotopic (exact) mass is 306 g/mol. The van der Waals surface area contributed by atoms with Crippen molar-refractivity contribution in [3.05, 3.63) is 54.7 Å². The first-order valence-corrected chi connectivity index (χ1v) is 8.29. The lowest BCUT2D eigenvalue weighted by Crippen LogP contribution is -2.40. The van der Waals surface area contributed by atoms with Gasteiger partial charge in [-0.25, -0.2) is 4.98 Å². The van der Waals surface area contributed by atoms with Crippen LogP contribution in [-0.2, 0) is 0 Å². The van der Waals surface area contributed by atoms with Crippen LogP contribution < -0.4 is 4.90 Å². The second-order valence-corrected chi connectivity index (χ2v) is 6.71. The van der Waals surface area contributed by atoms with E-state index >= 15 is 0 Å². The van der Waals surface area contributed by atoms with Gasteiger partial charge in [0.15, 0.2) is 0 Å². The topological polar surface area (TPSA) is 34.0 Å². The van der Waals surface area contributed by atoms with Crippen molar-refractivity contribution >= 4 is 16.6 Å². The molecule has 118 valence electrons. The van der Waals surface area contributed by atoms with E-state index in [9.17, 15) is 0 Å². The summed E-state index contributed by atoms with van der Waals surface area (Å²) in [4.78, 5) is 11.3. The Kier molecular flexibility index (Phi) is 3.52. The highest BCUT2D eigenvalue weighted by molar-refractivity contribution is 5.93. The Hall–Kier alpha value is -2.36. The Morgan fingerprint density at radius 2 is 2.04 bits per heavy atom. The molecule has 0 aliphatic carbocycles. The number of hydrogen-bond donors (Lipinski definition) is 0. The number of aromatic nitrogens is 3. The lowest BCUT2D eigenvalue weighted by Gasteiger charge is -2.39. The molecule has 0 unspecified atom stereocenters. The molecule has 0 radical (unpaired) electrons. The molecule has 1 aliphatic heterocycles. The second-order valence-electron chi connectivity index (χ2n) is 6.71. The lowest BCUT2D eigenvalue weighted by molar-refractivity contribution is 0.333. The SMILES string of the molecule is Cc1ccc(N2C[C@@H](C)C[C@@H](n3ccnc3)C2)c2cccnc12. The van der Waals surface area contributed by atoms with Gasteiger partial charge in [-0.15, -0.1) is 0 Å². The quantitative estimate of drug-likeness (QED) is 0.721. The Bertz CT molecular complexity index is 809. The number of fused-ring (bicyclic) bond motifs is 1. The predicted octanol–water partition coefficient (Wildman–Crippen LogP) is 3.83. The first kappa shape index (κ1) is 14.2. The van der Waals surface area contributed by atoms with Crippen LogP contribution in [0.2, 0.25) is 0 Å². The number of aryl methyl sites for hydroxylation is 1. The number of anilines is 1. The summed E-state index contributed by atoms with van der Waals surface area (Å²) in [7, 11) is 0. The number of hydrogen-bond acceptors (Lipinski definition) is 3. The maximum atomic E-state index is 4.58.